The van der Waals surface area contributed by atoms with Crippen molar-refractivity contribution in [1.82, 2.24) is 4.90 Å². The quantitative estimate of drug-likeness (QED) is 0.858. The molecule has 2 aromatic carbocycles. The molecule has 2 atom stereocenters. The molecule has 0 aromatic heterocycles. The molecular weight excluding hydrogens is 330 g/mol. The molecule has 2 unspecified atom stereocenters. The lowest BCUT2D eigenvalue weighted by Gasteiger charge is -2.37. The average Bonchev–Trinajstić information content (AvgIpc) is 2.69. The van der Waals surface area contributed by atoms with Gasteiger partial charge in [0.05, 0.1) is 26.2 Å². The maximum absolute atomic E-state index is 11.5. The minimum Gasteiger partial charge on any atom is -0.497 e. The van der Waals surface area contributed by atoms with Crippen molar-refractivity contribution in [3.05, 3.63) is 59.7 Å². The van der Waals surface area contributed by atoms with Gasteiger partial charge in [-0.1, -0.05) is 24.3 Å². The second kappa shape index (κ2) is 8.23. The summed E-state index contributed by atoms with van der Waals surface area (Å²) in [7, 11) is 3.31. The second-order valence-electron chi connectivity index (χ2n) is 6.62. The maximum Gasteiger partial charge on any atom is 0.307 e. The number of rotatable bonds is 6. The van der Waals surface area contributed by atoms with E-state index in [4.69, 9.17) is 9.47 Å². The fraction of sp³-hybridized carbons (Fsp3) is 0.381. The predicted octanol–water partition coefficient (Wildman–Crippen LogP) is 3.59. The smallest absolute Gasteiger partial charge is 0.307 e. The normalized spacial score (nSPS) is 18.9. The van der Waals surface area contributed by atoms with Crippen molar-refractivity contribution in [2.45, 2.75) is 18.9 Å². The van der Waals surface area contributed by atoms with Gasteiger partial charge in [0.1, 0.15) is 11.5 Å². The van der Waals surface area contributed by atoms with Gasteiger partial charge in [-0.3, -0.25) is 9.69 Å². The van der Waals surface area contributed by atoms with Gasteiger partial charge >= 0.3 is 5.97 Å². The zero-order chi connectivity index (χ0) is 18.5. The van der Waals surface area contributed by atoms with E-state index in [2.05, 4.69) is 11.0 Å². The van der Waals surface area contributed by atoms with Crippen LogP contribution in [0.15, 0.2) is 48.5 Å². The van der Waals surface area contributed by atoms with E-state index in [1.807, 2.05) is 42.5 Å². The first-order chi connectivity index (χ1) is 12.6. The Hall–Kier alpha value is -2.53. The molecule has 3 rings (SSSR count). The summed E-state index contributed by atoms with van der Waals surface area (Å²) in [6.07, 6.45) is 1.62. The number of hydrogen-bond acceptors (Lipinski definition) is 4. The van der Waals surface area contributed by atoms with Crippen LogP contribution in [-0.4, -0.2) is 43.3 Å². The van der Waals surface area contributed by atoms with Crippen LogP contribution in [0.2, 0.25) is 0 Å². The molecule has 0 bridgehead atoms. The van der Waals surface area contributed by atoms with Gasteiger partial charge in [-0.2, -0.15) is 0 Å². The van der Waals surface area contributed by atoms with Crippen molar-refractivity contribution in [1.29, 1.82) is 0 Å². The Morgan fingerprint density at radius 2 is 1.81 bits per heavy atom. The molecule has 5 heteroatoms. The summed E-state index contributed by atoms with van der Waals surface area (Å²) in [5.41, 5.74) is 2.21. The number of aliphatic carboxylic acids is 1. The van der Waals surface area contributed by atoms with Gasteiger partial charge in [0.25, 0.3) is 0 Å². The highest BCUT2D eigenvalue weighted by molar-refractivity contribution is 5.70. The third-order valence-electron chi connectivity index (χ3n) is 5.01. The van der Waals surface area contributed by atoms with E-state index in [0.29, 0.717) is 6.54 Å². The molecule has 0 radical (unpaired) electrons. The van der Waals surface area contributed by atoms with Gasteiger partial charge in [0.15, 0.2) is 0 Å². The number of carboxylic acid groups (broad SMARTS) is 1. The molecule has 2 aromatic rings. The number of methoxy groups -OCH3 is 2. The molecule has 1 heterocycles. The molecular formula is C21H25NO4. The van der Waals surface area contributed by atoms with Crippen molar-refractivity contribution in [2.24, 2.45) is 5.92 Å². The topological polar surface area (TPSA) is 59.0 Å². The first-order valence-electron chi connectivity index (χ1n) is 8.87. The molecule has 0 spiro atoms. The van der Waals surface area contributed by atoms with Crippen molar-refractivity contribution >= 4 is 5.97 Å². The van der Waals surface area contributed by atoms with E-state index in [-0.39, 0.29) is 12.0 Å². The fourth-order valence-corrected chi connectivity index (χ4v) is 3.65. The highest BCUT2D eigenvalue weighted by atomic mass is 16.5. The van der Waals surface area contributed by atoms with Crippen LogP contribution in [0.4, 0.5) is 0 Å². The SMILES string of the molecule is COc1ccc(C(c2cccc(OC)c2)N2CCCC(C(=O)O)C2)cc1. The van der Waals surface area contributed by atoms with E-state index in [0.717, 1.165) is 42.0 Å². The monoisotopic (exact) mass is 355 g/mol. The lowest BCUT2D eigenvalue weighted by atomic mass is 9.91. The molecule has 0 aliphatic carbocycles. The predicted molar refractivity (Wildman–Crippen MR) is 99.8 cm³/mol. The van der Waals surface area contributed by atoms with Crippen molar-refractivity contribution in [3.8, 4) is 11.5 Å². The zero-order valence-corrected chi connectivity index (χ0v) is 15.2. The Kier molecular flexibility index (Phi) is 5.78. The molecule has 1 fully saturated rings. The molecule has 0 amide bonds. The number of ether oxygens (including phenoxy) is 2. The van der Waals surface area contributed by atoms with E-state index >= 15 is 0 Å². The van der Waals surface area contributed by atoms with E-state index in [9.17, 15) is 9.90 Å². The summed E-state index contributed by atoms with van der Waals surface area (Å²) >= 11 is 0. The fourth-order valence-electron chi connectivity index (χ4n) is 3.65. The molecule has 1 saturated heterocycles. The number of piperidine rings is 1. The highest BCUT2D eigenvalue weighted by Gasteiger charge is 2.31. The van der Waals surface area contributed by atoms with Gasteiger partial charge < -0.3 is 14.6 Å². The zero-order valence-electron chi connectivity index (χ0n) is 15.2. The standard InChI is InChI=1S/C21H25NO4/c1-25-18-10-8-15(9-11-18)20(16-5-3-7-19(13-16)26-2)22-12-4-6-17(14-22)21(23)24/h3,5,7-11,13,17,20H,4,6,12,14H2,1-2H3,(H,23,24). The number of carboxylic acids is 1. The molecule has 26 heavy (non-hydrogen) atoms. The first-order valence-corrected chi connectivity index (χ1v) is 8.87. The minimum atomic E-state index is -0.714. The number of nitrogens with zero attached hydrogens (tertiary/aromatic N) is 1. The van der Waals surface area contributed by atoms with Crippen LogP contribution in [-0.2, 0) is 4.79 Å². The summed E-state index contributed by atoms with van der Waals surface area (Å²) in [5.74, 6) is 0.567. The van der Waals surface area contributed by atoms with Gasteiger partial charge in [0, 0.05) is 6.54 Å². The Morgan fingerprint density at radius 1 is 1.08 bits per heavy atom. The number of carbonyl (C=O) groups is 1. The Balaban J connectivity index is 1.98. The van der Waals surface area contributed by atoms with Crippen LogP contribution >= 0.6 is 0 Å². The Bertz CT molecular complexity index is 744. The second-order valence-corrected chi connectivity index (χ2v) is 6.62. The van der Waals surface area contributed by atoms with Gasteiger partial charge in [0.2, 0.25) is 0 Å². The Morgan fingerprint density at radius 3 is 2.46 bits per heavy atom. The van der Waals surface area contributed by atoms with E-state index in [1.165, 1.54) is 0 Å². The molecule has 1 aliphatic rings. The molecule has 1 N–H and O–H groups in total. The van der Waals surface area contributed by atoms with Crippen LogP contribution in [0.5, 0.6) is 11.5 Å². The summed E-state index contributed by atoms with van der Waals surface area (Å²) in [5, 5.41) is 9.47. The third kappa shape index (κ3) is 3.99. The summed E-state index contributed by atoms with van der Waals surface area (Å²) in [6, 6.07) is 16.0. The van der Waals surface area contributed by atoms with Crippen molar-refractivity contribution in [2.75, 3.05) is 27.3 Å². The van der Waals surface area contributed by atoms with E-state index in [1.54, 1.807) is 14.2 Å². The van der Waals surface area contributed by atoms with Crippen LogP contribution < -0.4 is 9.47 Å². The summed E-state index contributed by atoms with van der Waals surface area (Å²) in [4.78, 5) is 13.8. The third-order valence-corrected chi connectivity index (χ3v) is 5.01. The van der Waals surface area contributed by atoms with E-state index < -0.39 is 5.97 Å². The molecule has 5 nitrogen and oxygen atoms in total. The van der Waals surface area contributed by atoms with Crippen LogP contribution in [0.3, 0.4) is 0 Å². The number of likely N-dealkylation sites (tertiary alicyclic amines) is 1. The van der Waals surface area contributed by atoms with Crippen molar-refractivity contribution in [3.63, 3.8) is 0 Å². The number of hydrogen-bond donors (Lipinski definition) is 1. The Labute approximate surface area is 154 Å². The highest BCUT2D eigenvalue weighted by Crippen LogP contribution is 2.34. The van der Waals surface area contributed by atoms with Crippen LogP contribution in [0, 0.1) is 5.92 Å². The lowest BCUT2D eigenvalue weighted by molar-refractivity contribution is -0.143. The van der Waals surface area contributed by atoms with Gasteiger partial charge in [-0.25, -0.2) is 0 Å². The largest absolute Gasteiger partial charge is 0.497 e. The molecule has 1 aliphatic heterocycles. The van der Waals surface area contributed by atoms with Crippen LogP contribution in [0.25, 0.3) is 0 Å². The average molecular weight is 355 g/mol. The van der Waals surface area contributed by atoms with Crippen LogP contribution in [0.1, 0.15) is 30.0 Å². The summed E-state index contributed by atoms with van der Waals surface area (Å²) in [6.45, 7) is 1.42. The van der Waals surface area contributed by atoms with Gasteiger partial charge in [-0.05, 0) is 54.8 Å². The minimum absolute atomic E-state index is 0.0156. The summed E-state index contributed by atoms with van der Waals surface area (Å²) < 4.78 is 10.7. The molecule has 0 saturated carbocycles. The maximum atomic E-state index is 11.5. The van der Waals surface area contributed by atoms with Crippen molar-refractivity contribution < 1.29 is 19.4 Å². The number of benzene rings is 2. The van der Waals surface area contributed by atoms with Gasteiger partial charge in [-0.15, -0.1) is 0 Å². The lowest BCUT2D eigenvalue weighted by Crippen LogP contribution is -2.41. The molecule has 138 valence electrons. The first kappa shape index (κ1) is 18.3.